The summed E-state index contributed by atoms with van der Waals surface area (Å²) in [6.07, 6.45) is -0.641. The van der Waals surface area contributed by atoms with E-state index in [4.69, 9.17) is 9.47 Å². The standard InChI is InChI=1S/C19H22N2O3/c1-14-7-3-6-10-18(14)24-12-15(22)11-21-17-9-5-4-8-16(17)20-19(21)13-23-2/h3-10,15,22H,11-13H2,1-2H3/t15-/m1/s1. The zero-order valence-corrected chi connectivity index (χ0v) is 14.0. The van der Waals surface area contributed by atoms with Gasteiger partial charge in [-0.05, 0) is 30.7 Å². The fourth-order valence-corrected chi connectivity index (χ4v) is 2.74. The third-order valence-electron chi connectivity index (χ3n) is 3.93. The van der Waals surface area contributed by atoms with E-state index in [9.17, 15) is 5.11 Å². The van der Waals surface area contributed by atoms with Gasteiger partial charge >= 0.3 is 0 Å². The number of ether oxygens (including phenoxy) is 2. The van der Waals surface area contributed by atoms with Gasteiger partial charge in [-0.15, -0.1) is 0 Å². The number of fused-ring (bicyclic) bond motifs is 1. The van der Waals surface area contributed by atoms with E-state index < -0.39 is 6.10 Å². The van der Waals surface area contributed by atoms with Gasteiger partial charge in [-0.3, -0.25) is 0 Å². The summed E-state index contributed by atoms with van der Waals surface area (Å²) >= 11 is 0. The monoisotopic (exact) mass is 326 g/mol. The van der Waals surface area contributed by atoms with Gasteiger partial charge in [0.05, 0.1) is 17.6 Å². The van der Waals surface area contributed by atoms with Crippen molar-refractivity contribution in [1.82, 2.24) is 9.55 Å². The molecule has 0 bridgehead atoms. The fourth-order valence-electron chi connectivity index (χ4n) is 2.74. The summed E-state index contributed by atoms with van der Waals surface area (Å²) in [4.78, 5) is 4.57. The molecule has 1 atom stereocenters. The third kappa shape index (κ3) is 3.58. The SMILES string of the molecule is COCc1nc2ccccc2n1C[C@@H](O)COc1ccccc1C. The van der Waals surface area contributed by atoms with E-state index in [0.29, 0.717) is 13.2 Å². The van der Waals surface area contributed by atoms with E-state index in [0.717, 1.165) is 28.2 Å². The quantitative estimate of drug-likeness (QED) is 0.725. The molecule has 0 amide bonds. The highest BCUT2D eigenvalue weighted by molar-refractivity contribution is 5.75. The van der Waals surface area contributed by atoms with Gasteiger partial charge in [0, 0.05) is 7.11 Å². The van der Waals surface area contributed by atoms with Crippen molar-refractivity contribution in [3.8, 4) is 5.75 Å². The number of rotatable bonds is 7. The second-order valence-corrected chi connectivity index (χ2v) is 5.79. The van der Waals surface area contributed by atoms with Crippen molar-refractivity contribution in [2.24, 2.45) is 0 Å². The van der Waals surface area contributed by atoms with Gasteiger partial charge in [-0.2, -0.15) is 0 Å². The number of aromatic nitrogens is 2. The first-order valence-corrected chi connectivity index (χ1v) is 7.98. The largest absolute Gasteiger partial charge is 0.491 e. The lowest BCUT2D eigenvalue weighted by Gasteiger charge is -2.16. The van der Waals surface area contributed by atoms with Crippen LogP contribution >= 0.6 is 0 Å². The Bertz CT molecular complexity index is 813. The van der Waals surface area contributed by atoms with Gasteiger partial charge in [0.2, 0.25) is 0 Å². The molecular formula is C19H22N2O3. The van der Waals surface area contributed by atoms with Crippen LogP contribution in [0.3, 0.4) is 0 Å². The van der Waals surface area contributed by atoms with Crippen molar-refractivity contribution in [3.05, 3.63) is 59.9 Å². The second kappa shape index (κ2) is 7.47. The molecule has 0 aliphatic rings. The predicted octanol–water partition coefficient (Wildman–Crippen LogP) is 2.93. The molecule has 0 saturated heterocycles. The molecule has 5 nitrogen and oxygen atoms in total. The summed E-state index contributed by atoms with van der Waals surface area (Å²) in [6.45, 7) is 3.02. The van der Waals surface area contributed by atoms with Crippen LogP contribution in [0.25, 0.3) is 11.0 Å². The number of hydrogen-bond acceptors (Lipinski definition) is 4. The number of benzene rings is 2. The Hall–Kier alpha value is -2.37. The van der Waals surface area contributed by atoms with Crippen molar-refractivity contribution in [3.63, 3.8) is 0 Å². The molecule has 0 radical (unpaired) electrons. The Morgan fingerprint density at radius 2 is 1.88 bits per heavy atom. The molecular weight excluding hydrogens is 304 g/mol. The number of methoxy groups -OCH3 is 1. The highest BCUT2D eigenvalue weighted by Crippen LogP contribution is 2.19. The van der Waals surface area contributed by atoms with Crippen molar-refractivity contribution in [1.29, 1.82) is 0 Å². The Labute approximate surface area is 141 Å². The number of hydrogen-bond donors (Lipinski definition) is 1. The maximum absolute atomic E-state index is 10.4. The van der Waals surface area contributed by atoms with Crippen LogP contribution in [-0.2, 0) is 17.9 Å². The summed E-state index contributed by atoms with van der Waals surface area (Å²) in [5.74, 6) is 1.60. The normalized spacial score (nSPS) is 12.5. The topological polar surface area (TPSA) is 56.5 Å². The lowest BCUT2D eigenvalue weighted by Crippen LogP contribution is -2.25. The first-order chi connectivity index (χ1) is 11.7. The molecule has 2 aromatic carbocycles. The minimum absolute atomic E-state index is 0.226. The Morgan fingerprint density at radius 1 is 1.12 bits per heavy atom. The molecule has 1 N–H and O–H groups in total. The molecule has 0 spiro atoms. The Kier molecular flexibility index (Phi) is 5.13. The van der Waals surface area contributed by atoms with Gasteiger partial charge in [0.1, 0.15) is 30.9 Å². The molecule has 3 aromatic rings. The van der Waals surface area contributed by atoms with Crippen LogP contribution < -0.4 is 4.74 Å². The summed E-state index contributed by atoms with van der Waals surface area (Å²) in [6, 6.07) is 15.7. The lowest BCUT2D eigenvalue weighted by molar-refractivity contribution is 0.0898. The van der Waals surface area contributed by atoms with Crippen LogP contribution in [0.2, 0.25) is 0 Å². The minimum atomic E-state index is -0.641. The molecule has 1 heterocycles. The van der Waals surface area contributed by atoms with E-state index in [2.05, 4.69) is 4.98 Å². The highest BCUT2D eigenvalue weighted by atomic mass is 16.5. The van der Waals surface area contributed by atoms with E-state index >= 15 is 0 Å². The third-order valence-corrected chi connectivity index (χ3v) is 3.93. The summed E-state index contributed by atoms with van der Waals surface area (Å²) in [5, 5.41) is 10.4. The zero-order valence-electron chi connectivity index (χ0n) is 14.0. The Balaban J connectivity index is 1.74. The number of aryl methyl sites for hydroxylation is 1. The van der Waals surface area contributed by atoms with Crippen molar-refractivity contribution in [2.45, 2.75) is 26.2 Å². The number of para-hydroxylation sites is 3. The van der Waals surface area contributed by atoms with Crippen molar-refractivity contribution < 1.29 is 14.6 Å². The predicted molar refractivity (Wildman–Crippen MR) is 93.1 cm³/mol. The first kappa shape index (κ1) is 16.5. The smallest absolute Gasteiger partial charge is 0.136 e. The van der Waals surface area contributed by atoms with Crippen LogP contribution in [0.1, 0.15) is 11.4 Å². The van der Waals surface area contributed by atoms with Crippen LogP contribution in [0.4, 0.5) is 0 Å². The number of nitrogens with zero attached hydrogens (tertiary/aromatic N) is 2. The molecule has 0 unspecified atom stereocenters. The number of aliphatic hydroxyl groups excluding tert-OH is 1. The van der Waals surface area contributed by atoms with Crippen LogP contribution in [0, 0.1) is 6.92 Å². The van der Waals surface area contributed by atoms with E-state index in [1.807, 2.05) is 60.0 Å². The average molecular weight is 326 g/mol. The first-order valence-electron chi connectivity index (χ1n) is 7.98. The van der Waals surface area contributed by atoms with Gasteiger partial charge < -0.3 is 19.1 Å². The highest BCUT2D eigenvalue weighted by Gasteiger charge is 2.14. The second-order valence-electron chi connectivity index (χ2n) is 5.79. The molecule has 0 fully saturated rings. The van der Waals surface area contributed by atoms with E-state index in [1.165, 1.54) is 0 Å². The summed E-state index contributed by atoms with van der Waals surface area (Å²) in [7, 11) is 1.64. The molecule has 0 saturated carbocycles. The van der Waals surface area contributed by atoms with Gasteiger partial charge in [-0.1, -0.05) is 30.3 Å². The zero-order chi connectivity index (χ0) is 16.9. The van der Waals surface area contributed by atoms with Gasteiger partial charge in [-0.25, -0.2) is 4.98 Å². The average Bonchev–Trinajstić information content (AvgIpc) is 2.92. The van der Waals surface area contributed by atoms with Crippen molar-refractivity contribution >= 4 is 11.0 Å². The molecule has 5 heteroatoms. The lowest BCUT2D eigenvalue weighted by atomic mass is 10.2. The van der Waals surface area contributed by atoms with Crippen LogP contribution in [0.15, 0.2) is 48.5 Å². The van der Waals surface area contributed by atoms with Crippen molar-refractivity contribution in [2.75, 3.05) is 13.7 Å². The van der Waals surface area contributed by atoms with Crippen LogP contribution in [0.5, 0.6) is 5.75 Å². The summed E-state index contributed by atoms with van der Waals surface area (Å²) < 4.78 is 13.0. The molecule has 0 aliphatic carbocycles. The molecule has 126 valence electrons. The van der Waals surface area contributed by atoms with E-state index in [1.54, 1.807) is 7.11 Å². The maximum Gasteiger partial charge on any atom is 0.136 e. The maximum atomic E-state index is 10.4. The van der Waals surface area contributed by atoms with E-state index in [-0.39, 0.29) is 6.61 Å². The molecule has 1 aromatic heterocycles. The minimum Gasteiger partial charge on any atom is -0.491 e. The van der Waals surface area contributed by atoms with Crippen LogP contribution in [-0.4, -0.2) is 34.5 Å². The summed E-state index contributed by atoms with van der Waals surface area (Å²) in [5.41, 5.74) is 2.94. The Morgan fingerprint density at radius 3 is 2.67 bits per heavy atom. The molecule has 3 rings (SSSR count). The fraction of sp³-hybridized carbons (Fsp3) is 0.316. The molecule has 0 aliphatic heterocycles. The number of aliphatic hydroxyl groups is 1. The number of imidazole rings is 1. The molecule has 24 heavy (non-hydrogen) atoms. The van der Waals surface area contributed by atoms with Gasteiger partial charge in [0.25, 0.3) is 0 Å². The van der Waals surface area contributed by atoms with Gasteiger partial charge in [0.15, 0.2) is 0 Å².